The second-order valence-corrected chi connectivity index (χ2v) is 8.28. The molecule has 3 heterocycles. The maximum Gasteiger partial charge on any atom is 0.416 e. The fourth-order valence-corrected chi connectivity index (χ4v) is 4.60. The number of anilines is 1. The largest absolute Gasteiger partial charge is 0.459 e. The summed E-state index contributed by atoms with van der Waals surface area (Å²) in [5, 5.41) is 2.88. The SMILES string of the molecule is COCCCNC(=O)[C@H]1Cc2cc(C(F)(F)F)ccc2N2CCN(C(=O)c3ccco3)C[C@@H]12. The minimum atomic E-state index is -4.46. The topological polar surface area (TPSA) is 75.0 Å². The Balaban J connectivity index is 1.60. The van der Waals surface area contributed by atoms with Crippen molar-refractivity contribution in [3.63, 3.8) is 0 Å². The minimum Gasteiger partial charge on any atom is -0.459 e. The van der Waals surface area contributed by atoms with Gasteiger partial charge in [-0.2, -0.15) is 13.2 Å². The Bertz CT molecular complexity index is 993. The predicted octanol–water partition coefficient (Wildman–Crippen LogP) is 2.95. The van der Waals surface area contributed by atoms with E-state index in [0.717, 1.165) is 12.1 Å². The third-order valence-corrected chi connectivity index (χ3v) is 6.22. The number of piperazine rings is 1. The molecule has 178 valence electrons. The Morgan fingerprint density at radius 3 is 2.76 bits per heavy atom. The van der Waals surface area contributed by atoms with Gasteiger partial charge >= 0.3 is 6.18 Å². The zero-order valence-corrected chi connectivity index (χ0v) is 18.2. The number of carbonyl (C=O) groups is 2. The maximum atomic E-state index is 13.3. The number of methoxy groups -OCH3 is 1. The fraction of sp³-hybridized carbons (Fsp3) is 0.478. The molecular weight excluding hydrogens is 439 g/mol. The molecule has 1 aromatic carbocycles. The van der Waals surface area contributed by atoms with E-state index < -0.39 is 17.7 Å². The number of alkyl halides is 3. The molecule has 2 aromatic rings. The molecule has 2 aliphatic heterocycles. The van der Waals surface area contributed by atoms with E-state index in [1.807, 2.05) is 4.90 Å². The highest BCUT2D eigenvalue weighted by molar-refractivity contribution is 5.92. The highest BCUT2D eigenvalue weighted by atomic mass is 19.4. The summed E-state index contributed by atoms with van der Waals surface area (Å²) >= 11 is 0. The monoisotopic (exact) mass is 465 g/mol. The zero-order valence-electron chi connectivity index (χ0n) is 18.2. The third kappa shape index (κ3) is 4.85. The van der Waals surface area contributed by atoms with E-state index in [1.165, 1.54) is 12.3 Å². The van der Waals surface area contributed by atoms with E-state index in [1.54, 1.807) is 24.1 Å². The van der Waals surface area contributed by atoms with Crippen molar-refractivity contribution in [2.24, 2.45) is 5.92 Å². The van der Waals surface area contributed by atoms with Crippen LogP contribution < -0.4 is 10.2 Å². The first-order valence-electron chi connectivity index (χ1n) is 10.9. The Hall–Kier alpha value is -3.01. The fourth-order valence-electron chi connectivity index (χ4n) is 4.60. The van der Waals surface area contributed by atoms with Crippen LogP contribution in [0.5, 0.6) is 0 Å². The molecule has 0 unspecified atom stereocenters. The summed E-state index contributed by atoms with van der Waals surface area (Å²) in [6.45, 7) is 1.95. The number of nitrogens with one attached hydrogen (secondary N) is 1. The molecular formula is C23H26F3N3O4. The third-order valence-electron chi connectivity index (χ3n) is 6.22. The number of fused-ring (bicyclic) bond motifs is 3. The molecule has 0 bridgehead atoms. The molecule has 7 nitrogen and oxygen atoms in total. The normalized spacial score (nSPS) is 20.2. The average molecular weight is 465 g/mol. The van der Waals surface area contributed by atoms with Crippen molar-refractivity contribution < 1.29 is 31.9 Å². The second-order valence-electron chi connectivity index (χ2n) is 8.28. The minimum absolute atomic E-state index is 0.166. The molecule has 1 fully saturated rings. The number of hydrogen-bond donors (Lipinski definition) is 1. The number of ether oxygens (including phenoxy) is 1. The first kappa shape index (κ1) is 23.2. The van der Waals surface area contributed by atoms with E-state index in [9.17, 15) is 22.8 Å². The molecule has 1 aromatic heterocycles. The highest BCUT2D eigenvalue weighted by Crippen LogP contribution is 2.39. The Kier molecular flexibility index (Phi) is 6.64. The van der Waals surface area contributed by atoms with Gasteiger partial charge in [0.15, 0.2) is 5.76 Å². The Morgan fingerprint density at radius 2 is 2.06 bits per heavy atom. The second kappa shape index (κ2) is 9.46. The summed E-state index contributed by atoms with van der Waals surface area (Å²) in [7, 11) is 1.57. The van der Waals surface area contributed by atoms with Gasteiger partial charge in [-0.1, -0.05) is 0 Å². The van der Waals surface area contributed by atoms with Gasteiger partial charge in [0.2, 0.25) is 5.91 Å². The van der Waals surface area contributed by atoms with Crippen molar-refractivity contribution in [1.29, 1.82) is 0 Å². The van der Waals surface area contributed by atoms with Gasteiger partial charge in [-0.15, -0.1) is 0 Å². The van der Waals surface area contributed by atoms with Crippen LogP contribution in [0.25, 0.3) is 0 Å². The molecule has 1 saturated heterocycles. The van der Waals surface area contributed by atoms with Crippen LogP contribution in [0.4, 0.5) is 18.9 Å². The van der Waals surface area contributed by atoms with Gasteiger partial charge in [-0.25, -0.2) is 0 Å². The molecule has 1 N–H and O–H groups in total. The van der Waals surface area contributed by atoms with Crippen molar-refractivity contribution in [3.05, 3.63) is 53.5 Å². The van der Waals surface area contributed by atoms with E-state index in [4.69, 9.17) is 9.15 Å². The average Bonchev–Trinajstić information content (AvgIpc) is 3.34. The maximum absolute atomic E-state index is 13.3. The summed E-state index contributed by atoms with van der Waals surface area (Å²) in [6, 6.07) is 6.54. The van der Waals surface area contributed by atoms with E-state index >= 15 is 0 Å². The van der Waals surface area contributed by atoms with Crippen LogP contribution in [0.1, 0.15) is 28.1 Å². The number of nitrogens with zero attached hydrogens (tertiary/aromatic N) is 2. The number of carbonyl (C=O) groups excluding carboxylic acids is 2. The number of benzene rings is 1. The summed E-state index contributed by atoms with van der Waals surface area (Å²) in [6.07, 6.45) is -2.24. The van der Waals surface area contributed by atoms with Gasteiger partial charge < -0.3 is 24.3 Å². The van der Waals surface area contributed by atoms with Gasteiger partial charge in [0.1, 0.15) is 0 Å². The van der Waals surface area contributed by atoms with Gasteiger partial charge in [-0.3, -0.25) is 9.59 Å². The molecule has 4 rings (SSSR count). The number of furan rings is 1. The molecule has 33 heavy (non-hydrogen) atoms. The number of amides is 2. The van der Waals surface area contributed by atoms with Crippen LogP contribution in [-0.4, -0.2) is 62.7 Å². The summed E-state index contributed by atoms with van der Waals surface area (Å²) < 4.78 is 50.1. The van der Waals surface area contributed by atoms with Crippen LogP contribution in [0.2, 0.25) is 0 Å². The van der Waals surface area contributed by atoms with Crippen molar-refractivity contribution in [2.45, 2.75) is 25.1 Å². The number of hydrogen-bond acceptors (Lipinski definition) is 5. The molecule has 10 heteroatoms. The molecule has 0 radical (unpaired) electrons. The molecule has 2 atom stereocenters. The number of rotatable bonds is 6. The molecule has 2 amide bonds. The quantitative estimate of drug-likeness (QED) is 0.664. The van der Waals surface area contributed by atoms with Gasteiger partial charge in [0.25, 0.3) is 5.91 Å². The van der Waals surface area contributed by atoms with Crippen molar-refractivity contribution in [1.82, 2.24) is 10.2 Å². The van der Waals surface area contributed by atoms with Crippen LogP contribution in [-0.2, 0) is 22.1 Å². The standard InChI is InChI=1S/C23H26F3N3O4/c1-32-10-3-7-27-21(30)17-13-15-12-16(23(24,25)26)5-6-18(15)29-9-8-28(14-19(17)29)22(31)20-4-2-11-33-20/h2,4-6,11-12,17,19H,3,7-10,13-14H2,1H3,(H,27,30)/t17-,19-/m0/s1. The Morgan fingerprint density at radius 1 is 1.24 bits per heavy atom. The van der Waals surface area contributed by atoms with Gasteiger partial charge in [-0.05, 0) is 48.7 Å². The summed E-state index contributed by atoms with van der Waals surface area (Å²) in [4.78, 5) is 29.5. The zero-order chi connectivity index (χ0) is 23.6. The van der Waals surface area contributed by atoms with Crippen LogP contribution in [0.3, 0.4) is 0 Å². The predicted molar refractivity (Wildman–Crippen MR) is 114 cm³/mol. The molecule has 2 aliphatic rings. The van der Waals surface area contributed by atoms with Crippen LogP contribution in [0.15, 0.2) is 41.0 Å². The molecule has 0 saturated carbocycles. The molecule has 0 spiro atoms. The molecule has 0 aliphatic carbocycles. The van der Waals surface area contributed by atoms with E-state index in [0.29, 0.717) is 43.9 Å². The van der Waals surface area contributed by atoms with Crippen LogP contribution in [0, 0.1) is 5.92 Å². The lowest BCUT2D eigenvalue weighted by Gasteiger charge is -2.49. The smallest absolute Gasteiger partial charge is 0.416 e. The lowest BCUT2D eigenvalue weighted by molar-refractivity contribution is -0.137. The van der Waals surface area contributed by atoms with E-state index in [-0.39, 0.29) is 36.6 Å². The van der Waals surface area contributed by atoms with E-state index in [2.05, 4.69) is 5.32 Å². The van der Waals surface area contributed by atoms with Crippen molar-refractivity contribution >= 4 is 17.5 Å². The van der Waals surface area contributed by atoms with Crippen LogP contribution >= 0.6 is 0 Å². The first-order valence-corrected chi connectivity index (χ1v) is 10.9. The van der Waals surface area contributed by atoms with Gasteiger partial charge in [0.05, 0.1) is 23.8 Å². The highest BCUT2D eigenvalue weighted by Gasteiger charge is 2.43. The first-order chi connectivity index (χ1) is 15.8. The lowest BCUT2D eigenvalue weighted by Crippen LogP contribution is -2.62. The number of halogens is 3. The lowest BCUT2D eigenvalue weighted by atomic mass is 9.82. The van der Waals surface area contributed by atoms with Crippen molar-refractivity contribution in [2.75, 3.05) is 44.8 Å². The summed E-state index contributed by atoms with van der Waals surface area (Å²) in [5.41, 5.74) is 0.441. The Labute approximate surface area is 189 Å². The summed E-state index contributed by atoms with van der Waals surface area (Å²) in [5.74, 6) is -0.889. The van der Waals surface area contributed by atoms with Gasteiger partial charge in [0, 0.05) is 45.6 Å². The van der Waals surface area contributed by atoms with Crippen molar-refractivity contribution in [3.8, 4) is 0 Å².